The molecule has 0 fully saturated rings. The fraction of sp³-hybridized carbons (Fsp3) is 0.278. The molecule has 0 aromatic heterocycles. The molecule has 1 atom stereocenters. The Labute approximate surface area is 149 Å². The molecule has 6 nitrogen and oxygen atoms in total. The lowest BCUT2D eigenvalue weighted by molar-refractivity contribution is -0.0498. The van der Waals surface area contributed by atoms with Crippen LogP contribution in [0.4, 0.5) is 13.6 Å². The molecule has 8 heteroatoms. The van der Waals surface area contributed by atoms with Crippen molar-refractivity contribution >= 4 is 6.03 Å². The van der Waals surface area contributed by atoms with E-state index in [0.717, 1.165) is 5.56 Å². The number of ether oxygens (including phenoxy) is 3. The van der Waals surface area contributed by atoms with Crippen molar-refractivity contribution in [1.82, 2.24) is 10.6 Å². The SMILES string of the molecule is O=C(NCc1ccc(OC(F)F)cc1)NC[C@H]1COc2ccccc2O1. The monoisotopic (exact) mass is 364 g/mol. The summed E-state index contributed by atoms with van der Waals surface area (Å²) in [5, 5.41) is 5.39. The van der Waals surface area contributed by atoms with Gasteiger partial charge in [0.05, 0.1) is 6.54 Å². The van der Waals surface area contributed by atoms with Crippen LogP contribution in [0.1, 0.15) is 5.56 Å². The Morgan fingerprint density at radius 1 is 1.12 bits per heavy atom. The average molecular weight is 364 g/mol. The summed E-state index contributed by atoms with van der Waals surface area (Å²) in [5.41, 5.74) is 0.757. The number of hydrogen-bond donors (Lipinski definition) is 2. The van der Waals surface area contributed by atoms with Gasteiger partial charge in [0.25, 0.3) is 0 Å². The van der Waals surface area contributed by atoms with Crippen molar-refractivity contribution in [3.8, 4) is 17.2 Å². The van der Waals surface area contributed by atoms with Gasteiger partial charge in [-0.25, -0.2) is 4.79 Å². The number of nitrogens with one attached hydrogen (secondary N) is 2. The number of benzene rings is 2. The largest absolute Gasteiger partial charge is 0.486 e. The van der Waals surface area contributed by atoms with Crippen LogP contribution in [0.15, 0.2) is 48.5 Å². The average Bonchev–Trinajstić information content (AvgIpc) is 2.65. The van der Waals surface area contributed by atoms with Gasteiger partial charge in [0.15, 0.2) is 17.6 Å². The predicted octanol–water partition coefficient (Wildman–Crippen LogP) is 2.93. The van der Waals surface area contributed by atoms with Gasteiger partial charge in [0.1, 0.15) is 12.4 Å². The summed E-state index contributed by atoms with van der Waals surface area (Å²) >= 11 is 0. The molecule has 1 aliphatic rings. The second-order valence-electron chi connectivity index (χ2n) is 5.58. The first kappa shape index (κ1) is 17.8. The summed E-state index contributed by atoms with van der Waals surface area (Å²) in [6.07, 6.45) is -0.276. The van der Waals surface area contributed by atoms with Crippen molar-refractivity contribution in [2.24, 2.45) is 0 Å². The normalized spacial score (nSPS) is 15.4. The van der Waals surface area contributed by atoms with Crippen molar-refractivity contribution in [3.05, 3.63) is 54.1 Å². The van der Waals surface area contributed by atoms with Crippen LogP contribution in [0.5, 0.6) is 17.2 Å². The zero-order valence-corrected chi connectivity index (χ0v) is 13.8. The molecule has 2 aromatic rings. The van der Waals surface area contributed by atoms with E-state index in [9.17, 15) is 13.6 Å². The maximum atomic E-state index is 12.1. The molecule has 26 heavy (non-hydrogen) atoms. The Balaban J connectivity index is 1.39. The fourth-order valence-electron chi connectivity index (χ4n) is 2.40. The van der Waals surface area contributed by atoms with Gasteiger partial charge in [0, 0.05) is 6.54 Å². The molecule has 0 aliphatic carbocycles. The molecule has 2 amide bonds. The van der Waals surface area contributed by atoms with Crippen LogP contribution >= 0.6 is 0 Å². The third kappa shape index (κ3) is 4.98. The van der Waals surface area contributed by atoms with E-state index in [4.69, 9.17) is 9.47 Å². The number of halogens is 2. The third-order valence-electron chi connectivity index (χ3n) is 3.66. The highest BCUT2D eigenvalue weighted by Crippen LogP contribution is 2.30. The van der Waals surface area contributed by atoms with E-state index in [1.165, 1.54) is 12.1 Å². The summed E-state index contributed by atoms with van der Waals surface area (Å²) in [5.74, 6) is 1.41. The molecule has 0 saturated carbocycles. The number of carbonyl (C=O) groups excluding carboxylic acids is 1. The number of urea groups is 1. The Bertz CT molecular complexity index is 740. The van der Waals surface area contributed by atoms with Crippen LogP contribution in [-0.2, 0) is 6.54 Å². The van der Waals surface area contributed by atoms with E-state index in [2.05, 4.69) is 15.4 Å². The first-order valence-corrected chi connectivity index (χ1v) is 8.04. The number of hydrogen-bond acceptors (Lipinski definition) is 4. The minimum absolute atomic E-state index is 0.0722. The van der Waals surface area contributed by atoms with Gasteiger partial charge in [-0.05, 0) is 29.8 Å². The van der Waals surface area contributed by atoms with E-state index in [0.29, 0.717) is 24.7 Å². The number of fused-ring (bicyclic) bond motifs is 1. The highest BCUT2D eigenvalue weighted by Gasteiger charge is 2.20. The maximum absolute atomic E-state index is 12.1. The van der Waals surface area contributed by atoms with Crippen molar-refractivity contribution < 1.29 is 27.8 Å². The number of alkyl halides is 2. The number of rotatable bonds is 6. The molecule has 138 valence electrons. The van der Waals surface area contributed by atoms with E-state index in [1.807, 2.05) is 24.3 Å². The van der Waals surface area contributed by atoms with Crippen molar-refractivity contribution in [2.45, 2.75) is 19.3 Å². The summed E-state index contributed by atoms with van der Waals surface area (Å²) in [7, 11) is 0. The maximum Gasteiger partial charge on any atom is 0.387 e. The molecule has 2 N–H and O–H groups in total. The zero-order valence-electron chi connectivity index (χ0n) is 13.8. The van der Waals surface area contributed by atoms with E-state index in [1.54, 1.807) is 12.1 Å². The summed E-state index contributed by atoms with van der Waals surface area (Å²) < 4.78 is 39.8. The quantitative estimate of drug-likeness (QED) is 0.827. The Morgan fingerprint density at radius 2 is 1.85 bits per heavy atom. The van der Waals surface area contributed by atoms with Gasteiger partial charge in [-0.2, -0.15) is 8.78 Å². The van der Waals surface area contributed by atoms with Crippen molar-refractivity contribution in [1.29, 1.82) is 0 Å². The molecule has 0 radical (unpaired) electrons. The predicted molar refractivity (Wildman–Crippen MR) is 89.7 cm³/mol. The van der Waals surface area contributed by atoms with Gasteiger partial charge < -0.3 is 24.8 Å². The third-order valence-corrected chi connectivity index (χ3v) is 3.66. The molecule has 0 spiro atoms. The fourth-order valence-corrected chi connectivity index (χ4v) is 2.40. The molecule has 0 saturated heterocycles. The zero-order chi connectivity index (χ0) is 18.4. The lowest BCUT2D eigenvalue weighted by Gasteiger charge is -2.26. The summed E-state index contributed by atoms with van der Waals surface area (Å²) in [6.45, 7) is -1.96. The Hall–Kier alpha value is -3.03. The van der Waals surface area contributed by atoms with Gasteiger partial charge in [0.2, 0.25) is 0 Å². The van der Waals surface area contributed by atoms with Gasteiger partial charge in [-0.1, -0.05) is 24.3 Å². The van der Waals surface area contributed by atoms with Crippen LogP contribution in [-0.4, -0.2) is 31.9 Å². The van der Waals surface area contributed by atoms with E-state index < -0.39 is 6.61 Å². The van der Waals surface area contributed by atoms with Crippen LogP contribution in [0.2, 0.25) is 0 Å². The number of carbonyl (C=O) groups is 1. The summed E-state index contributed by atoms with van der Waals surface area (Å²) in [4.78, 5) is 11.9. The Kier molecular flexibility index (Phi) is 5.73. The Morgan fingerprint density at radius 3 is 2.58 bits per heavy atom. The topological polar surface area (TPSA) is 68.8 Å². The molecule has 2 aromatic carbocycles. The second-order valence-corrected chi connectivity index (χ2v) is 5.58. The lowest BCUT2D eigenvalue weighted by atomic mass is 10.2. The summed E-state index contributed by atoms with van der Waals surface area (Å²) in [6, 6.07) is 13.0. The van der Waals surface area contributed by atoms with Crippen molar-refractivity contribution in [3.63, 3.8) is 0 Å². The standard InChI is InChI=1S/C18H18F2N2O4/c19-17(20)26-13-7-5-12(6-8-13)9-21-18(23)22-10-14-11-24-15-3-1-2-4-16(15)25-14/h1-8,14,17H,9-11H2,(H2,21,22,23)/t14-/m0/s1. The first-order valence-electron chi connectivity index (χ1n) is 8.04. The lowest BCUT2D eigenvalue weighted by Crippen LogP contribution is -2.44. The molecule has 1 heterocycles. The van der Waals surface area contributed by atoms with Crippen molar-refractivity contribution in [2.75, 3.05) is 13.2 Å². The smallest absolute Gasteiger partial charge is 0.387 e. The van der Waals surface area contributed by atoms with E-state index in [-0.39, 0.29) is 24.4 Å². The number of para-hydroxylation sites is 2. The molecular weight excluding hydrogens is 346 g/mol. The molecule has 3 rings (SSSR count). The van der Waals surface area contributed by atoms with Crippen LogP contribution in [0, 0.1) is 0 Å². The number of amides is 2. The minimum atomic E-state index is -2.86. The van der Waals surface area contributed by atoms with Gasteiger partial charge in [-0.15, -0.1) is 0 Å². The minimum Gasteiger partial charge on any atom is -0.486 e. The van der Waals surface area contributed by atoms with E-state index >= 15 is 0 Å². The van der Waals surface area contributed by atoms with Crippen LogP contribution < -0.4 is 24.8 Å². The van der Waals surface area contributed by atoms with Gasteiger partial charge >= 0.3 is 12.6 Å². The first-order chi connectivity index (χ1) is 12.6. The highest BCUT2D eigenvalue weighted by molar-refractivity contribution is 5.73. The van der Waals surface area contributed by atoms with Crippen LogP contribution in [0.25, 0.3) is 0 Å². The highest BCUT2D eigenvalue weighted by atomic mass is 19.3. The molecule has 0 bridgehead atoms. The molecule has 1 aliphatic heterocycles. The molecule has 0 unspecified atom stereocenters. The van der Waals surface area contributed by atoms with Crippen LogP contribution in [0.3, 0.4) is 0 Å². The molecular formula is C18H18F2N2O4. The van der Waals surface area contributed by atoms with Gasteiger partial charge in [-0.3, -0.25) is 0 Å². The second kappa shape index (κ2) is 8.37.